The van der Waals surface area contributed by atoms with Crippen molar-refractivity contribution in [2.24, 2.45) is 0 Å². The molecule has 0 saturated heterocycles. The van der Waals surface area contributed by atoms with Gasteiger partial charge in [0.15, 0.2) is 0 Å². The van der Waals surface area contributed by atoms with Crippen LogP contribution in [-0.2, 0) is 0 Å². The van der Waals surface area contributed by atoms with Gasteiger partial charge in [-0.25, -0.2) is 0 Å². The van der Waals surface area contributed by atoms with E-state index in [2.05, 4.69) is 0 Å². The Kier molecular flexibility index (Phi) is 3.11. The van der Waals surface area contributed by atoms with Gasteiger partial charge in [0.05, 0.1) is 13.2 Å². The van der Waals surface area contributed by atoms with Crippen LogP contribution in [0.4, 0.5) is 0 Å². The SMILES string of the molecule is COc1ccc(O[C@H]2CC[C@@H](O)C2)cc1. The third kappa shape index (κ3) is 2.63. The van der Waals surface area contributed by atoms with Crippen LogP contribution >= 0.6 is 0 Å². The van der Waals surface area contributed by atoms with Crippen LogP contribution in [0.15, 0.2) is 24.3 Å². The smallest absolute Gasteiger partial charge is 0.119 e. The van der Waals surface area contributed by atoms with Gasteiger partial charge in [0.25, 0.3) is 0 Å². The van der Waals surface area contributed by atoms with E-state index >= 15 is 0 Å². The van der Waals surface area contributed by atoms with Crippen LogP contribution in [0, 0.1) is 0 Å². The van der Waals surface area contributed by atoms with Crippen molar-refractivity contribution >= 4 is 0 Å². The van der Waals surface area contributed by atoms with Crippen molar-refractivity contribution in [2.75, 3.05) is 7.11 Å². The van der Waals surface area contributed by atoms with Crippen molar-refractivity contribution in [3.05, 3.63) is 24.3 Å². The number of ether oxygens (including phenoxy) is 2. The fraction of sp³-hybridized carbons (Fsp3) is 0.500. The topological polar surface area (TPSA) is 38.7 Å². The second kappa shape index (κ2) is 4.53. The number of benzene rings is 1. The molecule has 0 spiro atoms. The van der Waals surface area contributed by atoms with E-state index < -0.39 is 0 Å². The van der Waals surface area contributed by atoms with Crippen LogP contribution in [-0.4, -0.2) is 24.4 Å². The molecule has 1 aliphatic rings. The standard InChI is InChI=1S/C12H16O3/c1-14-10-4-6-11(7-5-10)15-12-3-2-9(13)8-12/h4-7,9,12-13H,2-3,8H2,1H3/t9-,12+/m1/s1. The Morgan fingerprint density at radius 3 is 2.33 bits per heavy atom. The van der Waals surface area contributed by atoms with E-state index in [-0.39, 0.29) is 12.2 Å². The molecule has 0 aromatic heterocycles. The van der Waals surface area contributed by atoms with Crippen molar-refractivity contribution in [3.63, 3.8) is 0 Å². The van der Waals surface area contributed by atoms with E-state index in [0.29, 0.717) is 0 Å². The summed E-state index contributed by atoms with van der Waals surface area (Å²) in [5.41, 5.74) is 0. The van der Waals surface area contributed by atoms with Gasteiger partial charge >= 0.3 is 0 Å². The molecule has 0 bridgehead atoms. The summed E-state index contributed by atoms with van der Waals surface area (Å²) < 4.78 is 10.8. The highest BCUT2D eigenvalue weighted by Crippen LogP contribution is 2.25. The lowest BCUT2D eigenvalue weighted by atomic mass is 10.3. The summed E-state index contributed by atoms with van der Waals surface area (Å²) in [6.45, 7) is 0. The maximum Gasteiger partial charge on any atom is 0.119 e. The normalized spacial score (nSPS) is 25.2. The zero-order valence-corrected chi connectivity index (χ0v) is 8.85. The predicted octanol–water partition coefficient (Wildman–Crippen LogP) is 1.99. The number of hydrogen-bond donors (Lipinski definition) is 1. The molecule has 1 aromatic rings. The first-order valence-corrected chi connectivity index (χ1v) is 5.26. The Balaban J connectivity index is 1.93. The molecule has 0 amide bonds. The van der Waals surface area contributed by atoms with Crippen LogP contribution in [0.5, 0.6) is 11.5 Å². The molecule has 0 heterocycles. The molecule has 0 radical (unpaired) electrons. The molecule has 0 unspecified atom stereocenters. The summed E-state index contributed by atoms with van der Waals surface area (Å²) in [5, 5.41) is 9.36. The minimum Gasteiger partial charge on any atom is -0.497 e. The lowest BCUT2D eigenvalue weighted by molar-refractivity contribution is 0.149. The molecule has 2 rings (SSSR count). The van der Waals surface area contributed by atoms with Crippen LogP contribution < -0.4 is 9.47 Å². The summed E-state index contributed by atoms with van der Waals surface area (Å²) >= 11 is 0. The molecule has 3 nitrogen and oxygen atoms in total. The average Bonchev–Trinajstić information content (AvgIpc) is 2.65. The van der Waals surface area contributed by atoms with Gasteiger partial charge in [-0.1, -0.05) is 0 Å². The molecule has 1 N–H and O–H groups in total. The van der Waals surface area contributed by atoms with Crippen molar-refractivity contribution in [1.29, 1.82) is 0 Å². The second-order valence-corrected chi connectivity index (χ2v) is 3.88. The molecular formula is C12H16O3. The number of aliphatic hydroxyl groups excluding tert-OH is 1. The summed E-state index contributed by atoms with van der Waals surface area (Å²) in [7, 11) is 1.64. The summed E-state index contributed by atoms with van der Waals surface area (Å²) in [4.78, 5) is 0. The fourth-order valence-electron chi connectivity index (χ4n) is 1.87. The highest BCUT2D eigenvalue weighted by molar-refractivity contribution is 5.31. The Labute approximate surface area is 89.6 Å². The maximum absolute atomic E-state index is 9.36. The van der Waals surface area contributed by atoms with E-state index in [1.54, 1.807) is 7.11 Å². The Morgan fingerprint density at radius 2 is 1.80 bits per heavy atom. The van der Waals surface area contributed by atoms with Crippen molar-refractivity contribution < 1.29 is 14.6 Å². The van der Waals surface area contributed by atoms with E-state index in [4.69, 9.17) is 9.47 Å². The van der Waals surface area contributed by atoms with E-state index in [1.807, 2.05) is 24.3 Å². The van der Waals surface area contributed by atoms with Gasteiger partial charge in [-0.3, -0.25) is 0 Å². The summed E-state index contributed by atoms with van der Waals surface area (Å²) in [6, 6.07) is 7.54. The molecule has 1 saturated carbocycles. The number of methoxy groups -OCH3 is 1. The lowest BCUT2D eigenvalue weighted by Gasteiger charge is -2.13. The van der Waals surface area contributed by atoms with Crippen molar-refractivity contribution in [1.82, 2.24) is 0 Å². The third-order valence-electron chi connectivity index (χ3n) is 2.72. The van der Waals surface area contributed by atoms with E-state index in [1.165, 1.54) is 0 Å². The van der Waals surface area contributed by atoms with Gasteiger partial charge in [0.2, 0.25) is 0 Å². The zero-order valence-electron chi connectivity index (χ0n) is 8.85. The largest absolute Gasteiger partial charge is 0.497 e. The van der Waals surface area contributed by atoms with Crippen LogP contribution in [0.25, 0.3) is 0 Å². The molecule has 1 aliphatic carbocycles. The Bertz CT molecular complexity index is 307. The van der Waals surface area contributed by atoms with Crippen LogP contribution in [0.3, 0.4) is 0 Å². The summed E-state index contributed by atoms with van der Waals surface area (Å²) in [5.74, 6) is 1.67. The van der Waals surface area contributed by atoms with Gasteiger partial charge in [0, 0.05) is 6.42 Å². The molecule has 1 aromatic carbocycles. The number of aliphatic hydroxyl groups is 1. The second-order valence-electron chi connectivity index (χ2n) is 3.88. The van der Waals surface area contributed by atoms with Gasteiger partial charge < -0.3 is 14.6 Å². The first-order valence-electron chi connectivity index (χ1n) is 5.26. The maximum atomic E-state index is 9.36. The van der Waals surface area contributed by atoms with E-state index in [0.717, 1.165) is 30.8 Å². The minimum absolute atomic E-state index is 0.161. The van der Waals surface area contributed by atoms with Crippen molar-refractivity contribution in [2.45, 2.75) is 31.5 Å². The molecule has 1 fully saturated rings. The van der Waals surface area contributed by atoms with E-state index in [9.17, 15) is 5.11 Å². The minimum atomic E-state index is -0.187. The number of rotatable bonds is 3. The third-order valence-corrected chi connectivity index (χ3v) is 2.72. The number of hydrogen-bond acceptors (Lipinski definition) is 3. The molecule has 0 aliphatic heterocycles. The molecule has 2 atom stereocenters. The first kappa shape index (κ1) is 10.3. The first-order chi connectivity index (χ1) is 7.28. The van der Waals surface area contributed by atoms with Crippen molar-refractivity contribution in [3.8, 4) is 11.5 Å². The zero-order chi connectivity index (χ0) is 10.7. The average molecular weight is 208 g/mol. The van der Waals surface area contributed by atoms with Gasteiger partial charge in [0.1, 0.15) is 17.6 Å². The quantitative estimate of drug-likeness (QED) is 0.825. The molecular weight excluding hydrogens is 192 g/mol. The van der Waals surface area contributed by atoms with Crippen LogP contribution in [0.1, 0.15) is 19.3 Å². The Morgan fingerprint density at radius 1 is 1.13 bits per heavy atom. The molecule has 82 valence electrons. The van der Waals surface area contributed by atoms with Gasteiger partial charge in [-0.2, -0.15) is 0 Å². The van der Waals surface area contributed by atoms with Crippen LogP contribution in [0.2, 0.25) is 0 Å². The molecule has 3 heteroatoms. The van der Waals surface area contributed by atoms with Gasteiger partial charge in [-0.05, 0) is 37.1 Å². The predicted molar refractivity (Wildman–Crippen MR) is 57.3 cm³/mol. The molecule has 15 heavy (non-hydrogen) atoms. The summed E-state index contributed by atoms with van der Waals surface area (Å²) in [6.07, 6.45) is 2.50. The van der Waals surface area contributed by atoms with Gasteiger partial charge in [-0.15, -0.1) is 0 Å². The highest BCUT2D eigenvalue weighted by atomic mass is 16.5. The monoisotopic (exact) mass is 208 g/mol. The fourth-order valence-corrected chi connectivity index (χ4v) is 1.87. The lowest BCUT2D eigenvalue weighted by Crippen LogP contribution is -2.13. The highest BCUT2D eigenvalue weighted by Gasteiger charge is 2.24. The Hall–Kier alpha value is -1.22.